The Morgan fingerprint density at radius 1 is 1.28 bits per heavy atom. The van der Waals surface area contributed by atoms with Crippen LogP contribution in [0.5, 0.6) is 0 Å². The molecule has 18 heavy (non-hydrogen) atoms. The third-order valence-corrected chi connectivity index (χ3v) is 3.76. The van der Waals surface area contributed by atoms with E-state index < -0.39 is 5.97 Å². The molecule has 0 saturated heterocycles. The van der Waals surface area contributed by atoms with Crippen molar-refractivity contribution in [2.45, 2.75) is 50.8 Å². The number of hydrogen-bond acceptors (Lipinski definition) is 3. The first-order valence-corrected chi connectivity index (χ1v) is 8.81. The van der Waals surface area contributed by atoms with Crippen LogP contribution in [-0.2, 0) is 9.53 Å². The van der Waals surface area contributed by atoms with E-state index in [0.717, 1.165) is 32.5 Å². The first-order valence-electron chi connectivity index (χ1n) is 6.50. The zero-order valence-electron chi connectivity index (χ0n) is 11.8. The number of rotatable bonds is 10. The summed E-state index contributed by atoms with van der Waals surface area (Å²) in [4.78, 5) is 10.8. The van der Waals surface area contributed by atoms with Crippen molar-refractivity contribution in [2.75, 3.05) is 25.2 Å². The highest BCUT2D eigenvalue weighted by atomic mass is 79.9. The summed E-state index contributed by atoms with van der Waals surface area (Å²) in [6.07, 6.45) is 6.49. The van der Waals surface area contributed by atoms with Crippen LogP contribution >= 0.6 is 27.7 Å². The maximum Gasteiger partial charge on any atom is 0.303 e. The third kappa shape index (κ3) is 21.5. The van der Waals surface area contributed by atoms with Gasteiger partial charge in [-0.1, -0.05) is 22.4 Å². The Hall–Kier alpha value is 0.260. The van der Waals surface area contributed by atoms with Gasteiger partial charge in [0.05, 0.1) is 0 Å². The van der Waals surface area contributed by atoms with Gasteiger partial charge in [0.15, 0.2) is 0 Å². The molecule has 3 nitrogen and oxygen atoms in total. The first kappa shape index (κ1) is 20.6. The van der Waals surface area contributed by atoms with Gasteiger partial charge in [0.2, 0.25) is 0 Å². The molecule has 0 fully saturated rings. The van der Waals surface area contributed by atoms with Gasteiger partial charge in [0.1, 0.15) is 0 Å². The van der Waals surface area contributed by atoms with Crippen molar-refractivity contribution in [1.82, 2.24) is 0 Å². The monoisotopic (exact) mass is 342 g/mol. The SMILES string of the molecule is CCOCC.CSCCC(Br)CCCCC(=O)O. The number of carboxylic acid groups (broad SMARTS) is 1. The van der Waals surface area contributed by atoms with Crippen LogP contribution < -0.4 is 0 Å². The van der Waals surface area contributed by atoms with Crippen LogP contribution in [0.2, 0.25) is 0 Å². The second-order valence-corrected chi connectivity index (χ2v) is 6.08. The number of hydrogen-bond donors (Lipinski definition) is 1. The van der Waals surface area contributed by atoms with E-state index in [-0.39, 0.29) is 0 Å². The summed E-state index contributed by atoms with van der Waals surface area (Å²) in [7, 11) is 0. The van der Waals surface area contributed by atoms with Gasteiger partial charge in [-0.25, -0.2) is 0 Å². The van der Waals surface area contributed by atoms with Crippen molar-refractivity contribution in [1.29, 1.82) is 0 Å². The van der Waals surface area contributed by atoms with Crippen LogP contribution in [0.1, 0.15) is 46.0 Å². The standard InChI is InChI=1S/C9H17BrO2S.C4H10O/c1-13-7-6-8(10)4-2-3-5-9(11)12;1-3-5-4-2/h8H,2-7H2,1H3,(H,11,12);3-4H2,1-2H3. The van der Waals surface area contributed by atoms with Crippen molar-refractivity contribution in [3.8, 4) is 0 Å². The molecular formula is C13H27BrO3S. The van der Waals surface area contributed by atoms with E-state index in [9.17, 15) is 4.79 Å². The number of carboxylic acids is 1. The molecule has 0 amide bonds. The molecule has 0 aromatic carbocycles. The van der Waals surface area contributed by atoms with Crippen molar-refractivity contribution in [2.24, 2.45) is 0 Å². The highest BCUT2D eigenvalue weighted by molar-refractivity contribution is 9.09. The number of carbonyl (C=O) groups is 1. The van der Waals surface area contributed by atoms with Crippen LogP contribution in [0, 0.1) is 0 Å². The molecule has 0 aromatic rings. The highest BCUT2D eigenvalue weighted by Crippen LogP contribution is 2.16. The Morgan fingerprint density at radius 2 is 1.89 bits per heavy atom. The maximum atomic E-state index is 10.2. The van der Waals surface area contributed by atoms with Gasteiger partial charge in [0, 0.05) is 24.5 Å². The number of alkyl halides is 1. The molecule has 0 bridgehead atoms. The maximum absolute atomic E-state index is 10.2. The van der Waals surface area contributed by atoms with Gasteiger partial charge >= 0.3 is 5.97 Å². The molecule has 110 valence electrons. The minimum Gasteiger partial charge on any atom is -0.481 e. The summed E-state index contributed by atoms with van der Waals surface area (Å²) in [5, 5.41) is 8.41. The molecule has 0 heterocycles. The summed E-state index contributed by atoms with van der Waals surface area (Å²) in [6, 6.07) is 0. The van der Waals surface area contributed by atoms with E-state index in [1.165, 1.54) is 12.2 Å². The lowest BCUT2D eigenvalue weighted by Gasteiger charge is -2.07. The van der Waals surface area contributed by atoms with Crippen LogP contribution in [0.3, 0.4) is 0 Å². The molecule has 1 unspecified atom stereocenters. The second-order valence-electron chi connectivity index (χ2n) is 3.80. The number of unbranched alkanes of at least 4 members (excludes halogenated alkanes) is 1. The van der Waals surface area contributed by atoms with Crippen LogP contribution in [-0.4, -0.2) is 41.1 Å². The van der Waals surface area contributed by atoms with E-state index in [4.69, 9.17) is 9.84 Å². The van der Waals surface area contributed by atoms with Gasteiger partial charge in [-0.15, -0.1) is 0 Å². The van der Waals surface area contributed by atoms with Gasteiger partial charge in [-0.3, -0.25) is 4.79 Å². The predicted molar refractivity (Wildman–Crippen MR) is 84.0 cm³/mol. The van der Waals surface area contributed by atoms with Crippen molar-refractivity contribution >= 4 is 33.7 Å². The molecule has 0 aliphatic rings. The number of thioether (sulfide) groups is 1. The molecule has 0 spiro atoms. The molecule has 0 saturated carbocycles. The minimum atomic E-state index is -0.685. The molecular weight excluding hydrogens is 316 g/mol. The Morgan fingerprint density at radius 3 is 2.28 bits per heavy atom. The number of ether oxygens (including phenoxy) is 1. The number of halogens is 1. The lowest BCUT2D eigenvalue weighted by Crippen LogP contribution is -2.00. The molecule has 0 aliphatic carbocycles. The van der Waals surface area contributed by atoms with Gasteiger partial charge in [-0.05, 0) is 45.1 Å². The van der Waals surface area contributed by atoms with Crippen LogP contribution in [0.25, 0.3) is 0 Å². The van der Waals surface area contributed by atoms with Gasteiger partial charge in [0.25, 0.3) is 0 Å². The zero-order chi connectivity index (χ0) is 14.2. The summed E-state index contributed by atoms with van der Waals surface area (Å²) in [5.41, 5.74) is 0. The predicted octanol–water partition coefficient (Wildman–Crippen LogP) is 4.19. The van der Waals surface area contributed by atoms with Crippen LogP contribution in [0.4, 0.5) is 0 Å². The van der Waals surface area contributed by atoms with E-state index in [2.05, 4.69) is 22.2 Å². The van der Waals surface area contributed by atoms with Gasteiger partial charge in [-0.2, -0.15) is 11.8 Å². The molecule has 0 radical (unpaired) electrons. The summed E-state index contributed by atoms with van der Waals surface area (Å²) < 4.78 is 4.83. The summed E-state index contributed by atoms with van der Waals surface area (Å²) in [5.74, 6) is 0.490. The van der Waals surface area contributed by atoms with Crippen molar-refractivity contribution in [3.63, 3.8) is 0 Å². The summed E-state index contributed by atoms with van der Waals surface area (Å²) >= 11 is 5.44. The topological polar surface area (TPSA) is 46.5 Å². The average Bonchev–Trinajstić information content (AvgIpc) is 2.33. The quantitative estimate of drug-likeness (QED) is 0.477. The van der Waals surface area contributed by atoms with E-state index >= 15 is 0 Å². The molecule has 5 heteroatoms. The lowest BCUT2D eigenvalue weighted by atomic mass is 10.1. The fourth-order valence-electron chi connectivity index (χ4n) is 1.24. The van der Waals surface area contributed by atoms with E-state index in [1.807, 2.05) is 25.6 Å². The van der Waals surface area contributed by atoms with Crippen molar-refractivity contribution < 1.29 is 14.6 Å². The molecule has 0 aromatic heterocycles. The Balaban J connectivity index is 0. The molecule has 0 rings (SSSR count). The van der Waals surface area contributed by atoms with Crippen molar-refractivity contribution in [3.05, 3.63) is 0 Å². The largest absolute Gasteiger partial charge is 0.481 e. The fourth-order valence-corrected chi connectivity index (χ4v) is 2.61. The smallest absolute Gasteiger partial charge is 0.303 e. The zero-order valence-corrected chi connectivity index (χ0v) is 14.2. The third-order valence-electron chi connectivity index (χ3n) is 2.20. The Labute approximate surface area is 124 Å². The Bertz CT molecular complexity index is 178. The highest BCUT2D eigenvalue weighted by Gasteiger charge is 2.03. The first-order chi connectivity index (χ1) is 8.58. The molecule has 1 N–H and O–H groups in total. The summed E-state index contributed by atoms with van der Waals surface area (Å²) in [6.45, 7) is 5.67. The fraction of sp³-hybridized carbons (Fsp3) is 0.923. The van der Waals surface area contributed by atoms with E-state index in [0.29, 0.717) is 11.2 Å². The molecule has 0 aliphatic heterocycles. The minimum absolute atomic E-state index is 0.308. The van der Waals surface area contributed by atoms with Gasteiger partial charge < -0.3 is 9.84 Å². The van der Waals surface area contributed by atoms with Crippen LogP contribution in [0.15, 0.2) is 0 Å². The van der Waals surface area contributed by atoms with E-state index in [1.54, 1.807) is 0 Å². The lowest BCUT2D eigenvalue weighted by molar-refractivity contribution is -0.137. The number of aliphatic carboxylic acids is 1. The average molecular weight is 343 g/mol. The molecule has 1 atom stereocenters. The second kappa shape index (κ2) is 17.3. The normalized spacial score (nSPS) is 11.6. The Kier molecular flexibility index (Phi) is 19.7.